The number of thioether (sulfide) groups is 1. The van der Waals surface area contributed by atoms with Crippen molar-refractivity contribution in [3.63, 3.8) is 0 Å². The SMILES string of the molecule is CC1(C)S[C@@H]2[C@H](NC(=O)c3ccccc3)C(=O)N2[C@H]1C(=O)OC(c1ccccc1)c1ccccc1. The minimum atomic E-state index is -0.759. The molecule has 2 fully saturated rings. The number of hydrogen-bond acceptors (Lipinski definition) is 5. The van der Waals surface area contributed by atoms with Crippen LogP contribution in [0.1, 0.15) is 41.4 Å². The standard InChI is InChI=1S/C28H26N2O4S/c1-28(2)23(27(33)34-22(18-12-6-3-7-13-18)19-14-8-4-9-15-19)30-25(32)21(26(30)35-28)29-24(31)20-16-10-5-11-17-20/h3-17,21-23,26H,1-2H3,(H,29,31)/t21-,23+,26-/m1/s1. The van der Waals surface area contributed by atoms with E-state index in [1.165, 1.54) is 11.8 Å². The van der Waals surface area contributed by atoms with Gasteiger partial charge in [0.25, 0.3) is 5.91 Å². The fourth-order valence-corrected chi connectivity index (χ4v) is 6.33. The molecule has 0 spiro atoms. The Morgan fingerprint density at radius 2 is 1.40 bits per heavy atom. The highest BCUT2D eigenvalue weighted by molar-refractivity contribution is 8.01. The number of rotatable bonds is 6. The van der Waals surface area contributed by atoms with Crippen molar-refractivity contribution in [2.75, 3.05) is 0 Å². The molecule has 0 bridgehead atoms. The van der Waals surface area contributed by atoms with E-state index in [2.05, 4.69) is 5.32 Å². The van der Waals surface area contributed by atoms with Crippen molar-refractivity contribution in [3.8, 4) is 0 Å². The highest BCUT2D eigenvalue weighted by Gasteiger charge is 2.64. The molecule has 2 saturated heterocycles. The number of amides is 2. The monoisotopic (exact) mass is 486 g/mol. The Bertz CT molecular complexity index is 1190. The third-order valence-corrected chi connectivity index (χ3v) is 8.00. The second-order valence-electron chi connectivity index (χ2n) is 9.22. The number of fused-ring (bicyclic) bond motifs is 1. The van der Waals surface area contributed by atoms with Crippen LogP contribution in [0.2, 0.25) is 0 Å². The predicted molar refractivity (Wildman–Crippen MR) is 135 cm³/mol. The van der Waals surface area contributed by atoms with Crippen LogP contribution in [0.25, 0.3) is 0 Å². The van der Waals surface area contributed by atoms with Gasteiger partial charge in [-0.3, -0.25) is 9.59 Å². The summed E-state index contributed by atoms with van der Waals surface area (Å²) in [4.78, 5) is 40.9. The van der Waals surface area contributed by atoms with Crippen molar-refractivity contribution in [2.24, 2.45) is 0 Å². The van der Waals surface area contributed by atoms with E-state index in [0.717, 1.165) is 11.1 Å². The quantitative estimate of drug-likeness (QED) is 0.418. The summed E-state index contributed by atoms with van der Waals surface area (Å²) in [5, 5.41) is 2.52. The van der Waals surface area contributed by atoms with Gasteiger partial charge < -0.3 is 15.0 Å². The molecule has 2 amide bonds. The molecular weight excluding hydrogens is 460 g/mol. The van der Waals surface area contributed by atoms with Gasteiger partial charge in [-0.15, -0.1) is 11.8 Å². The van der Waals surface area contributed by atoms with Gasteiger partial charge in [-0.2, -0.15) is 0 Å². The summed E-state index contributed by atoms with van der Waals surface area (Å²) in [5.41, 5.74) is 2.20. The maximum absolute atomic E-state index is 13.6. The molecule has 0 saturated carbocycles. The summed E-state index contributed by atoms with van der Waals surface area (Å²) >= 11 is 1.51. The van der Waals surface area contributed by atoms with Crippen LogP contribution in [0.4, 0.5) is 0 Å². The van der Waals surface area contributed by atoms with E-state index in [1.807, 2.05) is 80.6 Å². The number of carbonyl (C=O) groups is 3. The molecule has 2 aliphatic rings. The lowest BCUT2D eigenvalue weighted by Crippen LogP contribution is -2.70. The van der Waals surface area contributed by atoms with Crippen LogP contribution in [-0.4, -0.2) is 44.9 Å². The third-order valence-electron chi connectivity index (χ3n) is 6.43. The minimum Gasteiger partial charge on any atom is -0.451 e. The van der Waals surface area contributed by atoms with Crippen LogP contribution in [0.5, 0.6) is 0 Å². The first kappa shape index (κ1) is 23.2. The number of nitrogens with one attached hydrogen (secondary N) is 1. The van der Waals surface area contributed by atoms with Crippen LogP contribution in [0.15, 0.2) is 91.0 Å². The lowest BCUT2D eigenvalue weighted by Gasteiger charge is -2.44. The molecule has 5 rings (SSSR count). The highest BCUT2D eigenvalue weighted by atomic mass is 32.2. The Morgan fingerprint density at radius 3 is 1.94 bits per heavy atom. The highest BCUT2D eigenvalue weighted by Crippen LogP contribution is 2.51. The maximum Gasteiger partial charge on any atom is 0.331 e. The Kier molecular flexibility index (Phi) is 6.11. The molecule has 1 N–H and O–H groups in total. The molecule has 3 atom stereocenters. The summed E-state index contributed by atoms with van der Waals surface area (Å²) in [7, 11) is 0. The molecule has 3 aromatic carbocycles. The molecule has 2 aliphatic heterocycles. The van der Waals surface area contributed by atoms with E-state index < -0.39 is 28.9 Å². The van der Waals surface area contributed by atoms with Gasteiger partial charge in [0.2, 0.25) is 5.91 Å². The molecule has 2 heterocycles. The Labute approximate surface area is 208 Å². The van der Waals surface area contributed by atoms with Crippen molar-refractivity contribution in [3.05, 3.63) is 108 Å². The average Bonchev–Trinajstić information content (AvgIpc) is 3.14. The van der Waals surface area contributed by atoms with Gasteiger partial charge in [0.05, 0.1) is 0 Å². The van der Waals surface area contributed by atoms with Crippen LogP contribution < -0.4 is 5.32 Å². The lowest BCUT2D eigenvalue weighted by molar-refractivity contribution is -0.166. The van der Waals surface area contributed by atoms with Crippen molar-refractivity contribution >= 4 is 29.5 Å². The van der Waals surface area contributed by atoms with Crippen molar-refractivity contribution in [1.29, 1.82) is 0 Å². The second-order valence-corrected chi connectivity index (χ2v) is 11.0. The molecule has 0 unspecified atom stereocenters. The molecular formula is C28H26N2O4S. The first-order valence-corrected chi connectivity index (χ1v) is 12.4. The molecule has 7 heteroatoms. The van der Waals surface area contributed by atoms with Gasteiger partial charge in [-0.05, 0) is 37.1 Å². The second kappa shape index (κ2) is 9.23. The van der Waals surface area contributed by atoms with Gasteiger partial charge in [0.1, 0.15) is 17.5 Å². The molecule has 3 aromatic rings. The zero-order valence-electron chi connectivity index (χ0n) is 19.5. The predicted octanol–water partition coefficient (Wildman–Crippen LogP) is 4.18. The van der Waals surface area contributed by atoms with E-state index in [9.17, 15) is 14.4 Å². The normalized spacial score (nSPS) is 22.3. The number of benzene rings is 3. The van der Waals surface area contributed by atoms with Gasteiger partial charge in [-0.1, -0.05) is 78.9 Å². The van der Waals surface area contributed by atoms with Gasteiger partial charge in [0, 0.05) is 10.3 Å². The number of ether oxygens (including phenoxy) is 1. The van der Waals surface area contributed by atoms with E-state index in [1.54, 1.807) is 29.2 Å². The number of hydrogen-bond donors (Lipinski definition) is 1. The fourth-order valence-electron chi connectivity index (χ4n) is 4.71. The van der Waals surface area contributed by atoms with Crippen LogP contribution in [0, 0.1) is 0 Å². The van der Waals surface area contributed by atoms with Crippen molar-refractivity contribution in [1.82, 2.24) is 10.2 Å². The lowest BCUT2D eigenvalue weighted by atomic mass is 9.95. The smallest absolute Gasteiger partial charge is 0.331 e. The van der Waals surface area contributed by atoms with E-state index in [0.29, 0.717) is 5.56 Å². The number of nitrogens with zero attached hydrogens (tertiary/aromatic N) is 1. The first-order valence-electron chi connectivity index (χ1n) is 11.5. The molecule has 0 aliphatic carbocycles. The van der Waals surface area contributed by atoms with E-state index >= 15 is 0 Å². The molecule has 178 valence electrons. The maximum atomic E-state index is 13.6. The van der Waals surface area contributed by atoms with E-state index in [4.69, 9.17) is 4.74 Å². The third kappa shape index (κ3) is 4.32. The number of esters is 1. The average molecular weight is 487 g/mol. The van der Waals surface area contributed by atoms with Gasteiger partial charge in [0.15, 0.2) is 6.10 Å². The topological polar surface area (TPSA) is 75.7 Å². The summed E-state index contributed by atoms with van der Waals surface area (Å²) in [5.74, 6) is -1.03. The van der Waals surface area contributed by atoms with Gasteiger partial charge >= 0.3 is 5.97 Å². The minimum absolute atomic E-state index is 0.268. The largest absolute Gasteiger partial charge is 0.451 e. The summed E-state index contributed by atoms with van der Waals surface area (Å²) in [6.07, 6.45) is -0.588. The first-order chi connectivity index (χ1) is 16.9. The van der Waals surface area contributed by atoms with Crippen molar-refractivity contribution in [2.45, 2.75) is 42.2 Å². The van der Waals surface area contributed by atoms with Crippen LogP contribution >= 0.6 is 11.8 Å². The fraction of sp³-hybridized carbons (Fsp3) is 0.250. The zero-order valence-corrected chi connectivity index (χ0v) is 20.3. The Balaban J connectivity index is 1.35. The molecule has 0 aromatic heterocycles. The molecule has 35 heavy (non-hydrogen) atoms. The molecule has 0 radical (unpaired) electrons. The zero-order chi connectivity index (χ0) is 24.6. The molecule has 6 nitrogen and oxygen atoms in total. The van der Waals surface area contributed by atoms with Crippen LogP contribution in [-0.2, 0) is 14.3 Å². The van der Waals surface area contributed by atoms with Gasteiger partial charge in [-0.25, -0.2) is 4.79 Å². The van der Waals surface area contributed by atoms with Crippen molar-refractivity contribution < 1.29 is 19.1 Å². The summed E-state index contributed by atoms with van der Waals surface area (Å²) < 4.78 is 5.51. The Hall–Kier alpha value is -3.58. The Morgan fingerprint density at radius 1 is 0.886 bits per heavy atom. The van der Waals surface area contributed by atoms with Crippen LogP contribution in [0.3, 0.4) is 0 Å². The summed E-state index contributed by atoms with van der Waals surface area (Å²) in [6.45, 7) is 3.87. The summed E-state index contributed by atoms with van der Waals surface area (Å²) in [6, 6.07) is 26.5. The number of β-lactam (4-membered cyclic amide) rings is 1. The number of carbonyl (C=O) groups excluding carboxylic acids is 3. The van der Waals surface area contributed by atoms with E-state index in [-0.39, 0.29) is 17.2 Å².